The van der Waals surface area contributed by atoms with Crippen molar-refractivity contribution in [2.24, 2.45) is 0 Å². The first-order chi connectivity index (χ1) is 18.6. The Hall–Kier alpha value is -2.97. The normalized spacial score (nSPS) is 19.3. The number of hydrogen-bond donors (Lipinski definition) is 1. The zero-order valence-corrected chi connectivity index (χ0v) is 24.4. The lowest BCUT2D eigenvalue weighted by molar-refractivity contribution is -0.136. The molecular weight excluding hydrogens is 514 g/mol. The molecule has 4 rings (SSSR count). The molecule has 1 unspecified atom stereocenters. The quantitative estimate of drug-likeness (QED) is 0.507. The number of aryl methyl sites for hydroxylation is 2. The lowest BCUT2D eigenvalue weighted by Crippen LogP contribution is -2.51. The van der Waals surface area contributed by atoms with Crippen LogP contribution in [-0.2, 0) is 16.1 Å². The van der Waals surface area contributed by atoms with E-state index in [-0.39, 0.29) is 29.8 Å². The molecule has 1 N–H and O–H groups in total. The van der Waals surface area contributed by atoms with E-state index in [1.807, 2.05) is 26.8 Å². The number of benzene rings is 1. The first-order valence-electron chi connectivity index (χ1n) is 13.9. The van der Waals surface area contributed by atoms with Crippen LogP contribution in [0.1, 0.15) is 73.1 Å². The number of hydrogen-bond acceptors (Lipinski definition) is 5. The van der Waals surface area contributed by atoms with Crippen LogP contribution in [0.2, 0.25) is 5.02 Å². The average molecular weight is 554 g/mol. The molecule has 0 aliphatic carbocycles. The molecule has 3 amide bonds. The maximum atomic E-state index is 13.4. The summed E-state index contributed by atoms with van der Waals surface area (Å²) in [5.41, 5.74) is 3.44. The standard InChI is InChI=1S/C30H40ClN5O3/c1-6-21(4)34(5)30(39)23-16-20(3)32-27(17-23)33-29(38)26-9-10-28(37)36(26)24-11-13-35(14-12-24)18-22-7-8-25(31)19(2)15-22/h7-8,15-17,21,24,26H,6,9-14,18H2,1-5H3,(H,32,33,38)/t21?,26-/m1/s1. The van der Waals surface area contributed by atoms with Crippen LogP contribution in [0.4, 0.5) is 5.82 Å². The molecule has 0 spiro atoms. The minimum absolute atomic E-state index is 0.0326. The minimum atomic E-state index is -0.530. The fraction of sp³-hybridized carbons (Fsp3) is 0.533. The van der Waals surface area contributed by atoms with Crippen molar-refractivity contribution < 1.29 is 14.4 Å². The van der Waals surface area contributed by atoms with Crippen LogP contribution in [0, 0.1) is 13.8 Å². The van der Waals surface area contributed by atoms with Crippen molar-refractivity contribution in [3.05, 3.63) is 57.7 Å². The number of aromatic nitrogens is 1. The average Bonchev–Trinajstić information content (AvgIpc) is 3.31. The molecule has 8 nitrogen and oxygen atoms in total. The number of piperidine rings is 1. The molecule has 2 fully saturated rings. The Labute approximate surface area is 236 Å². The molecule has 2 aromatic rings. The Bertz CT molecular complexity index is 1230. The summed E-state index contributed by atoms with van der Waals surface area (Å²) in [5.74, 6) is 0.0219. The summed E-state index contributed by atoms with van der Waals surface area (Å²) < 4.78 is 0. The van der Waals surface area contributed by atoms with E-state index < -0.39 is 6.04 Å². The molecule has 210 valence electrons. The largest absolute Gasteiger partial charge is 0.339 e. The Morgan fingerprint density at radius 1 is 1.15 bits per heavy atom. The molecule has 0 bridgehead atoms. The maximum Gasteiger partial charge on any atom is 0.254 e. The molecule has 0 radical (unpaired) electrons. The predicted octanol–water partition coefficient (Wildman–Crippen LogP) is 4.82. The second kappa shape index (κ2) is 12.5. The van der Waals surface area contributed by atoms with E-state index in [9.17, 15) is 14.4 Å². The summed E-state index contributed by atoms with van der Waals surface area (Å²) in [6.07, 6.45) is 3.36. The Morgan fingerprint density at radius 3 is 2.54 bits per heavy atom. The van der Waals surface area contributed by atoms with Gasteiger partial charge in [0.05, 0.1) is 0 Å². The van der Waals surface area contributed by atoms with Crippen molar-refractivity contribution in [2.45, 2.75) is 84.5 Å². The highest BCUT2D eigenvalue weighted by Gasteiger charge is 2.41. The van der Waals surface area contributed by atoms with Gasteiger partial charge in [0.2, 0.25) is 11.8 Å². The lowest BCUT2D eigenvalue weighted by atomic mass is 10.0. The van der Waals surface area contributed by atoms with Gasteiger partial charge in [-0.1, -0.05) is 30.7 Å². The SMILES string of the molecule is CCC(C)N(C)C(=O)c1cc(C)nc(NC(=O)[C@H]2CCC(=O)N2C2CCN(Cc3ccc(Cl)c(C)c3)CC2)c1. The number of nitrogens with one attached hydrogen (secondary N) is 1. The third-order valence-corrected chi connectivity index (χ3v) is 8.59. The van der Waals surface area contributed by atoms with Crippen LogP contribution in [-0.4, -0.2) is 75.7 Å². The van der Waals surface area contributed by atoms with Crippen molar-refractivity contribution in [2.75, 3.05) is 25.5 Å². The maximum absolute atomic E-state index is 13.4. The molecule has 2 saturated heterocycles. The van der Waals surface area contributed by atoms with Crippen molar-refractivity contribution in [3.63, 3.8) is 0 Å². The van der Waals surface area contributed by atoms with Crippen LogP contribution in [0.25, 0.3) is 0 Å². The van der Waals surface area contributed by atoms with E-state index in [0.717, 1.165) is 49.5 Å². The molecule has 2 aliphatic heterocycles. The van der Waals surface area contributed by atoms with Gasteiger partial charge < -0.3 is 15.1 Å². The van der Waals surface area contributed by atoms with Gasteiger partial charge in [-0.05, 0) is 75.8 Å². The summed E-state index contributed by atoms with van der Waals surface area (Å²) in [4.78, 5) is 49.6. The number of likely N-dealkylation sites (tertiary alicyclic amines) is 2. The number of carbonyl (C=O) groups excluding carboxylic acids is 3. The number of rotatable bonds is 8. The smallest absolute Gasteiger partial charge is 0.254 e. The van der Waals surface area contributed by atoms with Crippen LogP contribution < -0.4 is 5.32 Å². The van der Waals surface area contributed by atoms with Gasteiger partial charge in [0.1, 0.15) is 11.9 Å². The first-order valence-corrected chi connectivity index (χ1v) is 14.3. The molecule has 2 aliphatic rings. The molecule has 0 saturated carbocycles. The Morgan fingerprint density at radius 2 is 1.87 bits per heavy atom. The first kappa shape index (κ1) is 29.0. The third-order valence-electron chi connectivity index (χ3n) is 8.16. The van der Waals surface area contributed by atoms with Crippen molar-refractivity contribution in [3.8, 4) is 0 Å². The molecule has 1 aromatic heterocycles. The predicted molar refractivity (Wildman–Crippen MR) is 154 cm³/mol. The van der Waals surface area contributed by atoms with Crippen LogP contribution in [0.5, 0.6) is 0 Å². The van der Waals surface area contributed by atoms with Gasteiger partial charge in [0.25, 0.3) is 5.91 Å². The highest BCUT2D eigenvalue weighted by Crippen LogP contribution is 2.29. The summed E-state index contributed by atoms with van der Waals surface area (Å²) in [7, 11) is 1.79. The molecule has 3 heterocycles. The zero-order chi connectivity index (χ0) is 28.3. The molecule has 1 aromatic carbocycles. The second-order valence-electron chi connectivity index (χ2n) is 11.0. The van der Waals surface area contributed by atoms with Gasteiger partial charge in [-0.3, -0.25) is 19.3 Å². The van der Waals surface area contributed by atoms with Gasteiger partial charge in [-0.2, -0.15) is 0 Å². The van der Waals surface area contributed by atoms with Gasteiger partial charge in [0, 0.05) is 61.5 Å². The Balaban J connectivity index is 1.39. The van der Waals surface area contributed by atoms with E-state index >= 15 is 0 Å². The van der Waals surface area contributed by atoms with Crippen LogP contribution >= 0.6 is 11.6 Å². The lowest BCUT2D eigenvalue weighted by Gasteiger charge is -2.39. The number of pyridine rings is 1. The van der Waals surface area contributed by atoms with Gasteiger partial charge in [-0.25, -0.2) is 4.98 Å². The summed E-state index contributed by atoms with van der Waals surface area (Å²) in [5, 5.41) is 3.68. The fourth-order valence-corrected chi connectivity index (χ4v) is 5.70. The van der Waals surface area contributed by atoms with Crippen LogP contribution in [0.3, 0.4) is 0 Å². The van der Waals surface area contributed by atoms with Crippen LogP contribution in [0.15, 0.2) is 30.3 Å². The number of amides is 3. The molecule has 9 heteroatoms. The van der Waals surface area contributed by atoms with E-state index in [1.165, 1.54) is 5.56 Å². The van der Waals surface area contributed by atoms with Crippen molar-refractivity contribution >= 4 is 35.1 Å². The topological polar surface area (TPSA) is 85.8 Å². The number of nitrogens with zero attached hydrogens (tertiary/aromatic N) is 4. The molecule has 39 heavy (non-hydrogen) atoms. The fourth-order valence-electron chi connectivity index (χ4n) is 5.58. The van der Waals surface area contributed by atoms with E-state index in [4.69, 9.17) is 11.6 Å². The minimum Gasteiger partial charge on any atom is -0.339 e. The number of halogens is 1. The third kappa shape index (κ3) is 6.79. The number of anilines is 1. The van der Waals surface area contributed by atoms with Crippen molar-refractivity contribution in [1.29, 1.82) is 0 Å². The van der Waals surface area contributed by atoms with Gasteiger partial charge >= 0.3 is 0 Å². The summed E-state index contributed by atoms with van der Waals surface area (Å²) in [6, 6.07) is 9.10. The van der Waals surface area contributed by atoms with E-state index in [0.29, 0.717) is 29.9 Å². The monoisotopic (exact) mass is 553 g/mol. The Kier molecular flexibility index (Phi) is 9.28. The highest BCUT2D eigenvalue weighted by molar-refractivity contribution is 6.31. The van der Waals surface area contributed by atoms with Crippen molar-refractivity contribution in [1.82, 2.24) is 19.7 Å². The van der Waals surface area contributed by atoms with Gasteiger partial charge in [0.15, 0.2) is 0 Å². The summed E-state index contributed by atoms with van der Waals surface area (Å²) in [6.45, 7) is 10.4. The van der Waals surface area contributed by atoms with E-state index in [2.05, 4.69) is 27.3 Å². The van der Waals surface area contributed by atoms with Gasteiger partial charge in [-0.15, -0.1) is 0 Å². The highest BCUT2D eigenvalue weighted by atomic mass is 35.5. The summed E-state index contributed by atoms with van der Waals surface area (Å²) >= 11 is 6.17. The number of carbonyl (C=O) groups is 3. The molecular formula is C30H40ClN5O3. The molecule has 2 atom stereocenters. The van der Waals surface area contributed by atoms with E-state index in [1.54, 1.807) is 35.9 Å². The second-order valence-corrected chi connectivity index (χ2v) is 11.4. The zero-order valence-electron chi connectivity index (χ0n) is 23.7.